The Labute approximate surface area is 257 Å². The summed E-state index contributed by atoms with van der Waals surface area (Å²) in [6.45, 7) is 13.5. The number of fused-ring (bicyclic) bond motifs is 1. The molecule has 3 amide bonds. The van der Waals surface area contributed by atoms with Gasteiger partial charge < -0.3 is 20.7 Å². The summed E-state index contributed by atoms with van der Waals surface area (Å²) in [5.74, 6) is -0.423. The van der Waals surface area contributed by atoms with Gasteiger partial charge in [0.15, 0.2) is 0 Å². The number of rotatable bonds is 14. The molecule has 10 nitrogen and oxygen atoms in total. The maximum absolute atomic E-state index is 13.7. The second-order valence-corrected chi connectivity index (χ2v) is 12.3. The summed E-state index contributed by atoms with van der Waals surface area (Å²) in [6.07, 6.45) is 4.38. The van der Waals surface area contributed by atoms with Gasteiger partial charge in [-0.1, -0.05) is 39.5 Å². The molecule has 0 saturated carbocycles. The summed E-state index contributed by atoms with van der Waals surface area (Å²) in [7, 11) is 0. The Kier molecular flexibility index (Phi) is 11.8. The van der Waals surface area contributed by atoms with Crippen LogP contribution in [0.2, 0.25) is 0 Å². The summed E-state index contributed by atoms with van der Waals surface area (Å²) >= 11 is 1.53. The number of pyridine rings is 1. The number of benzene rings is 1. The lowest BCUT2D eigenvalue weighted by Crippen LogP contribution is -2.53. The molecule has 1 aliphatic heterocycles. The van der Waals surface area contributed by atoms with Crippen molar-refractivity contribution in [1.82, 2.24) is 30.8 Å². The van der Waals surface area contributed by atoms with Crippen LogP contribution in [-0.2, 0) is 32.0 Å². The highest BCUT2D eigenvalue weighted by molar-refractivity contribution is 7.18. The van der Waals surface area contributed by atoms with Gasteiger partial charge in [0.25, 0.3) is 0 Å². The smallest absolute Gasteiger partial charge is 0.247 e. The molecule has 0 unspecified atom stereocenters. The van der Waals surface area contributed by atoms with Gasteiger partial charge in [0.05, 0.1) is 34.5 Å². The van der Waals surface area contributed by atoms with Crippen LogP contribution in [0.5, 0.6) is 0 Å². The van der Waals surface area contributed by atoms with E-state index in [0.29, 0.717) is 37.7 Å². The van der Waals surface area contributed by atoms with Crippen LogP contribution in [0.3, 0.4) is 0 Å². The Morgan fingerprint density at radius 3 is 2.60 bits per heavy atom. The number of ether oxygens (including phenoxy) is 1. The number of carbonyl (C=O) groups is 3. The van der Waals surface area contributed by atoms with E-state index in [2.05, 4.69) is 58.4 Å². The van der Waals surface area contributed by atoms with Crippen LogP contribution < -0.4 is 16.0 Å². The molecule has 43 heavy (non-hydrogen) atoms. The molecule has 11 heteroatoms. The summed E-state index contributed by atoms with van der Waals surface area (Å²) < 4.78 is 6.44. The van der Waals surface area contributed by atoms with Crippen molar-refractivity contribution in [2.45, 2.75) is 58.0 Å². The van der Waals surface area contributed by atoms with E-state index in [-0.39, 0.29) is 37.1 Å². The van der Waals surface area contributed by atoms with Crippen LogP contribution in [0.25, 0.3) is 10.2 Å². The largest absolute Gasteiger partial charge is 0.379 e. The van der Waals surface area contributed by atoms with E-state index >= 15 is 0 Å². The summed E-state index contributed by atoms with van der Waals surface area (Å²) in [4.78, 5) is 50.1. The van der Waals surface area contributed by atoms with Crippen molar-refractivity contribution in [3.05, 3.63) is 71.0 Å². The number of thiazole rings is 1. The summed E-state index contributed by atoms with van der Waals surface area (Å²) in [6, 6.07) is 8.71. The van der Waals surface area contributed by atoms with Gasteiger partial charge >= 0.3 is 0 Å². The molecular formula is C32H42N6O4S. The second-order valence-electron chi connectivity index (χ2n) is 11.1. The molecule has 3 heterocycles. The third kappa shape index (κ3) is 9.67. The fraction of sp³-hybridized carbons (Fsp3) is 0.469. The summed E-state index contributed by atoms with van der Waals surface area (Å²) in [5, 5.41) is 9.65. The first-order valence-electron chi connectivity index (χ1n) is 14.9. The van der Waals surface area contributed by atoms with Gasteiger partial charge in [-0.2, -0.15) is 0 Å². The lowest BCUT2D eigenvalue weighted by atomic mass is 10.0. The Morgan fingerprint density at radius 1 is 1.12 bits per heavy atom. The Morgan fingerprint density at radius 2 is 1.91 bits per heavy atom. The average Bonchev–Trinajstić information content (AvgIpc) is 3.41. The lowest BCUT2D eigenvalue weighted by molar-refractivity contribution is -0.129. The molecule has 1 saturated heterocycles. The third-order valence-corrected chi connectivity index (χ3v) is 8.42. The standard InChI is InChI=1S/C32H42N6O4S/c1-5-29(39)36-27(17-30-37-26-9-8-24(21(2)3)16-28(26)43-30)32(41)35-25(15-23-7-6-10-33-18-23)19-34-31(40)22(4)20-38-11-13-42-14-12-38/h6-10,16,18,21,25,27H,4-5,11-15,17,19-20H2,1-3H3,(H,34,40)(H,35,41)(H,36,39)/t25-,27-/m0/s1. The minimum absolute atomic E-state index is 0.190. The summed E-state index contributed by atoms with van der Waals surface area (Å²) in [5.41, 5.74) is 3.47. The van der Waals surface area contributed by atoms with Crippen LogP contribution >= 0.6 is 11.3 Å². The van der Waals surface area contributed by atoms with Crippen molar-refractivity contribution < 1.29 is 19.1 Å². The van der Waals surface area contributed by atoms with Crippen LogP contribution in [0.15, 0.2) is 54.9 Å². The van der Waals surface area contributed by atoms with Crippen LogP contribution in [0.4, 0.5) is 0 Å². The molecular weight excluding hydrogens is 564 g/mol. The van der Waals surface area contributed by atoms with Crippen molar-refractivity contribution in [3.8, 4) is 0 Å². The molecule has 2 atom stereocenters. The van der Waals surface area contributed by atoms with E-state index in [4.69, 9.17) is 9.72 Å². The topological polar surface area (TPSA) is 126 Å². The highest BCUT2D eigenvalue weighted by atomic mass is 32.1. The number of aromatic nitrogens is 2. The van der Waals surface area contributed by atoms with Gasteiger partial charge in [0, 0.05) is 57.0 Å². The minimum Gasteiger partial charge on any atom is -0.379 e. The molecule has 3 aromatic rings. The Balaban J connectivity index is 1.46. The fourth-order valence-corrected chi connectivity index (χ4v) is 5.90. The fourth-order valence-electron chi connectivity index (χ4n) is 4.84. The van der Waals surface area contributed by atoms with Gasteiger partial charge in [-0.15, -0.1) is 11.3 Å². The molecule has 3 N–H and O–H groups in total. The zero-order valence-corrected chi connectivity index (χ0v) is 26.0. The van der Waals surface area contributed by atoms with Crippen molar-refractivity contribution in [2.75, 3.05) is 39.4 Å². The van der Waals surface area contributed by atoms with Crippen LogP contribution in [-0.4, -0.2) is 84.1 Å². The molecule has 1 fully saturated rings. The number of amides is 3. The number of hydrogen-bond donors (Lipinski definition) is 3. The van der Waals surface area contributed by atoms with Crippen LogP contribution in [0, 0.1) is 0 Å². The maximum atomic E-state index is 13.7. The van der Waals surface area contributed by atoms with Crippen molar-refractivity contribution in [2.24, 2.45) is 0 Å². The van der Waals surface area contributed by atoms with E-state index < -0.39 is 12.1 Å². The number of morpholine rings is 1. The second kappa shape index (κ2) is 15.7. The van der Waals surface area contributed by atoms with Gasteiger partial charge in [-0.3, -0.25) is 24.3 Å². The molecule has 0 aliphatic carbocycles. The number of nitrogens with one attached hydrogen (secondary N) is 3. The first kappa shape index (κ1) is 32.2. The van der Waals surface area contributed by atoms with Crippen molar-refractivity contribution in [1.29, 1.82) is 0 Å². The molecule has 4 rings (SSSR count). The first-order chi connectivity index (χ1) is 20.7. The minimum atomic E-state index is -0.819. The zero-order valence-electron chi connectivity index (χ0n) is 25.2. The van der Waals surface area contributed by atoms with E-state index in [0.717, 1.165) is 33.9 Å². The number of hydrogen-bond acceptors (Lipinski definition) is 8. The third-order valence-electron chi connectivity index (χ3n) is 7.37. The molecule has 2 aromatic heterocycles. The van der Waals surface area contributed by atoms with Gasteiger partial charge in [0.2, 0.25) is 17.7 Å². The Bertz CT molecular complexity index is 1400. The van der Waals surface area contributed by atoms with E-state index in [1.165, 1.54) is 16.9 Å². The molecule has 1 aliphatic rings. The molecule has 0 bridgehead atoms. The Hall–Kier alpha value is -3.67. The monoisotopic (exact) mass is 606 g/mol. The molecule has 0 radical (unpaired) electrons. The lowest BCUT2D eigenvalue weighted by Gasteiger charge is -2.27. The predicted octanol–water partition coefficient (Wildman–Crippen LogP) is 2.98. The molecule has 0 spiro atoms. The van der Waals surface area contributed by atoms with Gasteiger partial charge in [-0.05, 0) is 41.7 Å². The normalized spacial score (nSPS) is 15.2. The highest BCUT2D eigenvalue weighted by Gasteiger charge is 2.26. The van der Waals surface area contributed by atoms with Crippen molar-refractivity contribution >= 4 is 39.3 Å². The highest BCUT2D eigenvalue weighted by Crippen LogP contribution is 2.27. The zero-order chi connectivity index (χ0) is 30.8. The number of carbonyl (C=O) groups excluding carboxylic acids is 3. The maximum Gasteiger partial charge on any atom is 0.247 e. The van der Waals surface area contributed by atoms with Gasteiger partial charge in [0.1, 0.15) is 6.04 Å². The molecule has 230 valence electrons. The number of nitrogens with zero attached hydrogens (tertiary/aromatic N) is 3. The first-order valence-corrected chi connectivity index (χ1v) is 15.7. The van der Waals surface area contributed by atoms with E-state index in [1.807, 2.05) is 18.2 Å². The average molecular weight is 607 g/mol. The van der Waals surface area contributed by atoms with Crippen molar-refractivity contribution in [3.63, 3.8) is 0 Å². The quantitative estimate of drug-likeness (QED) is 0.241. The van der Waals surface area contributed by atoms with E-state index in [9.17, 15) is 14.4 Å². The van der Waals surface area contributed by atoms with Gasteiger partial charge in [-0.25, -0.2) is 4.98 Å². The van der Waals surface area contributed by atoms with Crippen LogP contribution in [0.1, 0.15) is 49.2 Å². The predicted molar refractivity (Wildman–Crippen MR) is 169 cm³/mol. The SMILES string of the molecule is C=C(CN1CCOCC1)C(=O)NC[C@H](Cc1cccnc1)NC(=O)[C@H](Cc1nc2ccc(C(C)C)cc2s1)NC(=O)CC. The van der Waals surface area contributed by atoms with E-state index in [1.54, 1.807) is 19.3 Å². The molecule has 1 aromatic carbocycles.